The molecule has 5 rings (SSSR count). The third-order valence-corrected chi connectivity index (χ3v) is 6.07. The number of hydrazone groups is 1. The first-order chi connectivity index (χ1) is 17.0. The fourth-order valence-corrected chi connectivity index (χ4v) is 4.31. The molecule has 2 aromatic carbocycles. The summed E-state index contributed by atoms with van der Waals surface area (Å²) in [5, 5.41) is 29.5. The van der Waals surface area contributed by atoms with E-state index in [2.05, 4.69) is 58.0 Å². The van der Waals surface area contributed by atoms with Crippen LogP contribution in [0, 0.1) is 0 Å². The number of carbonyl (C=O) groups is 1. The molecule has 4 aromatic rings. The van der Waals surface area contributed by atoms with Gasteiger partial charge in [-0.2, -0.15) is 9.78 Å². The maximum absolute atomic E-state index is 13.0. The number of hydrogen-bond acceptors (Lipinski definition) is 10. The Morgan fingerprint density at radius 3 is 2.97 bits per heavy atom. The zero-order valence-corrected chi connectivity index (χ0v) is 19.9. The van der Waals surface area contributed by atoms with Gasteiger partial charge in [-0.05, 0) is 53.0 Å². The van der Waals surface area contributed by atoms with Crippen LogP contribution in [0.1, 0.15) is 33.7 Å². The second-order valence-electron chi connectivity index (χ2n) is 7.83. The number of nitrogen functional groups attached to an aromatic ring is 1. The number of aryl methyl sites for hydroxylation is 1. The van der Waals surface area contributed by atoms with E-state index in [9.17, 15) is 9.90 Å². The average molecular weight is 538 g/mol. The van der Waals surface area contributed by atoms with Gasteiger partial charge in [-0.3, -0.25) is 4.79 Å². The SMILES string of the molecule is Nc1nonc1-n1nnc(C(=O)N/N=C\c2cc(Br)ccc2O)c1CN1CCCc2ccccc21. The molecule has 0 bridgehead atoms. The number of rotatable bonds is 6. The van der Waals surface area contributed by atoms with Crippen LogP contribution in [0.4, 0.5) is 11.5 Å². The number of nitrogens with one attached hydrogen (secondary N) is 1. The smallest absolute Gasteiger partial charge is 0.293 e. The van der Waals surface area contributed by atoms with Crippen molar-refractivity contribution in [2.75, 3.05) is 17.2 Å². The van der Waals surface area contributed by atoms with Crippen LogP contribution in [0.2, 0.25) is 0 Å². The molecule has 1 aliphatic rings. The molecule has 12 nitrogen and oxygen atoms in total. The van der Waals surface area contributed by atoms with Crippen LogP contribution in [-0.4, -0.2) is 49.1 Å². The highest BCUT2D eigenvalue weighted by Gasteiger charge is 2.27. The van der Waals surface area contributed by atoms with Crippen molar-refractivity contribution in [1.82, 2.24) is 30.7 Å². The molecule has 0 saturated heterocycles. The molecule has 2 aromatic heterocycles. The van der Waals surface area contributed by atoms with Crippen molar-refractivity contribution in [1.29, 1.82) is 0 Å². The van der Waals surface area contributed by atoms with Crippen LogP contribution in [0.25, 0.3) is 5.82 Å². The molecule has 0 fully saturated rings. The molecule has 1 aliphatic heterocycles. The number of carbonyl (C=O) groups excluding carboxylic acids is 1. The van der Waals surface area contributed by atoms with Gasteiger partial charge in [-0.1, -0.05) is 39.3 Å². The second-order valence-corrected chi connectivity index (χ2v) is 8.74. The van der Waals surface area contributed by atoms with E-state index >= 15 is 0 Å². The summed E-state index contributed by atoms with van der Waals surface area (Å²) in [4.78, 5) is 15.2. The first kappa shape index (κ1) is 22.5. The molecular weight excluding hydrogens is 518 g/mol. The van der Waals surface area contributed by atoms with E-state index in [1.54, 1.807) is 12.1 Å². The Kier molecular flexibility index (Phi) is 6.14. The van der Waals surface area contributed by atoms with Gasteiger partial charge in [0.05, 0.1) is 18.5 Å². The van der Waals surface area contributed by atoms with Crippen molar-refractivity contribution in [3.8, 4) is 11.6 Å². The van der Waals surface area contributed by atoms with Gasteiger partial charge in [-0.15, -0.1) is 5.10 Å². The second kappa shape index (κ2) is 9.54. The maximum Gasteiger partial charge on any atom is 0.293 e. The molecule has 0 atom stereocenters. The predicted octanol–water partition coefficient (Wildman–Crippen LogP) is 2.42. The van der Waals surface area contributed by atoms with Crippen LogP contribution in [0.3, 0.4) is 0 Å². The minimum Gasteiger partial charge on any atom is -0.507 e. The molecule has 35 heavy (non-hydrogen) atoms. The highest BCUT2D eigenvalue weighted by atomic mass is 79.9. The molecule has 0 aliphatic carbocycles. The topological polar surface area (TPSA) is 161 Å². The summed E-state index contributed by atoms with van der Waals surface area (Å²) in [6.45, 7) is 1.10. The minimum atomic E-state index is -0.586. The number of nitrogens with zero attached hydrogens (tertiary/aromatic N) is 7. The number of phenols is 1. The fraction of sp³-hybridized carbons (Fsp3) is 0.182. The first-order valence-electron chi connectivity index (χ1n) is 10.7. The summed E-state index contributed by atoms with van der Waals surface area (Å²) in [5.74, 6) is -0.405. The Hall–Kier alpha value is -4.26. The Morgan fingerprint density at radius 2 is 2.14 bits per heavy atom. The lowest BCUT2D eigenvalue weighted by atomic mass is 10.0. The van der Waals surface area contributed by atoms with Crippen molar-refractivity contribution in [2.45, 2.75) is 19.4 Å². The number of hydrogen-bond donors (Lipinski definition) is 3. The summed E-state index contributed by atoms with van der Waals surface area (Å²) in [7, 11) is 0. The Labute approximate surface area is 207 Å². The number of halogens is 1. The number of para-hydroxylation sites is 1. The van der Waals surface area contributed by atoms with Crippen LogP contribution < -0.4 is 16.1 Å². The Morgan fingerprint density at radius 1 is 1.29 bits per heavy atom. The standard InChI is InChI=1S/C22H20BrN9O3/c23-15-7-8-18(33)14(10-15)11-25-27-22(34)19-17(32(30-26-19)21-20(24)28-35-29-21)12-31-9-3-5-13-4-1-2-6-16(13)31/h1-2,4,6-8,10-11,33H,3,5,9,12H2,(H2,24,28)(H,27,34)/b25-11-. The number of amides is 1. The Bertz CT molecular complexity index is 1410. The number of anilines is 2. The van der Waals surface area contributed by atoms with Crippen LogP contribution in [0.5, 0.6) is 5.75 Å². The number of aromatic nitrogens is 5. The van der Waals surface area contributed by atoms with Crippen molar-refractivity contribution < 1.29 is 14.5 Å². The van der Waals surface area contributed by atoms with Gasteiger partial charge in [0.1, 0.15) is 5.75 Å². The molecular formula is C22H20BrN9O3. The van der Waals surface area contributed by atoms with Gasteiger partial charge < -0.3 is 15.7 Å². The van der Waals surface area contributed by atoms with Crippen molar-refractivity contribution in [3.63, 3.8) is 0 Å². The van der Waals surface area contributed by atoms with Crippen LogP contribution in [-0.2, 0) is 13.0 Å². The highest BCUT2D eigenvalue weighted by Crippen LogP contribution is 2.29. The monoisotopic (exact) mass is 537 g/mol. The van der Waals surface area contributed by atoms with E-state index in [4.69, 9.17) is 10.4 Å². The van der Waals surface area contributed by atoms with Gasteiger partial charge in [0, 0.05) is 22.3 Å². The van der Waals surface area contributed by atoms with Crippen LogP contribution >= 0.6 is 15.9 Å². The first-order valence-corrected chi connectivity index (χ1v) is 11.5. The van der Waals surface area contributed by atoms with Gasteiger partial charge >= 0.3 is 0 Å². The maximum atomic E-state index is 13.0. The quantitative estimate of drug-likeness (QED) is 0.247. The van der Waals surface area contributed by atoms with E-state index in [0.29, 0.717) is 17.8 Å². The minimum absolute atomic E-state index is 0.0188. The average Bonchev–Trinajstić information content (AvgIpc) is 3.47. The summed E-state index contributed by atoms with van der Waals surface area (Å²) < 4.78 is 6.83. The largest absolute Gasteiger partial charge is 0.507 e. The van der Waals surface area contributed by atoms with E-state index in [0.717, 1.165) is 29.5 Å². The molecule has 0 radical (unpaired) electrons. The third-order valence-electron chi connectivity index (χ3n) is 5.58. The molecule has 0 spiro atoms. The summed E-state index contributed by atoms with van der Waals surface area (Å²) in [6, 6.07) is 13.0. The number of benzene rings is 2. The van der Waals surface area contributed by atoms with Gasteiger partial charge in [-0.25, -0.2) is 10.1 Å². The lowest BCUT2D eigenvalue weighted by Gasteiger charge is -2.31. The highest BCUT2D eigenvalue weighted by molar-refractivity contribution is 9.10. The fourth-order valence-electron chi connectivity index (χ4n) is 3.93. The zero-order chi connectivity index (χ0) is 24.4. The Balaban J connectivity index is 1.46. The number of fused-ring (bicyclic) bond motifs is 1. The van der Waals surface area contributed by atoms with Crippen LogP contribution in [0.15, 0.2) is 56.7 Å². The molecule has 0 saturated carbocycles. The number of aromatic hydroxyl groups is 1. The number of phenolic OH excluding ortho intramolecular Hbond substituents is 1. The van der Waals surface area contributed by atoms with Crippen molar-refractivity contribution >= 4 is 39.6 Å². The van der Waals surface area contributed by atoms with E-state index in [1.165, 1.54) is 22.5 Å². The number of nitrogens with two attached hydrogens (primary N) is 1. The normalized spacial score (nSPS) is 13.2. The summed E-state index contributed by atoms with van der Waals surface area (Å²) in [5.41, 5.74) is 11.6. The molecule has 178 valence electrons. The summed E-state index contributed by atoms with van der Waals surface area (Å²) >= 11 is 3.33. The lowest BCUT2D eigenvalue weighted by Crippen LogP contribution is -2.31. The zero-order valence-electron chi connectivity index (χ0n) is 18.3. The predicted molar refractivity (Wildman–Crippen MR) is 130 cm³/mol. The van der Waals surface area contributed by atoms with Gasteiger partial charge in [0.2, 0.25) is 11.6 Å². The van der Waals surface area contributed by atoms with Gasteiger partial charge in [0.25, 0.3) is 5.91 Å². The van der Waals surface area contributed by atoms with E-state index in [1.807, 2.05) is 18.2 Å². The molecule has 0 unspecified atom stereocenters. The summed E-state index contributed by atoms with van der Waals surface area (Å²) in [6.07, 6.45) is 3.28. The third kappa shape index (κ3) is 4.57. The van der Waals surface area contributed by atoms with Crippen molar-refractivity contribution in [3.05, 3.63) is 69.5 Å². The molecule has 3 heterocycles. The molecule has 4 N–H and O–H groups in total. The lowest BCUT2D eigenvalue weighted by molar-refractivity contribution is 0.0949. The van der Waals surface area contributed by atoms with Crippen molar-refractivity contribution in [2.24, 2.45) is 5.10 Å². The van der Waals surface area contributed by atoms with Gasteiger partial charge in [0.15, 0.2) is 5.69 Å². The molecule has 13 heteroatoms. The van der Waals surface area contributed by atoms with E-state index < -0.39 is 5.91 Å². The van der Waals surface area contributed by atoms with E-state index in [-0.39, 0.29) is 23.1 Å². The molecule has 1 amide bonds.